The smallest absolute Gasteiger partial charge is 0.161 e. The van der Waals surface area contributed by atoms with Gasteiger partial charge in [0.1, 0.15) is 0 Å². The molecule has 1 heterocycles. The predicted molar refractivity (Wildman–Crippen MR) is 94.8 cm³/mol. The van der Waals surface area contributed by atoms with Crippen LogP contribution in [0.4, 0.5) is 0 Å². The highest BCUT2D eigenvalue weighted by molar-refractivity contribution is 9.11. The fourth-order valence-corrected chi connectivity index (χ4v) is 3.93. The van der Waals surface area contributed by atoms with Crippen molar-refractivity contribution in [3.8, 4) is 11.5 Å². The van der Waals surface area contributed by atoms with E-state index in [9.17, 15) is 0 Å². The van der Waals surface area contributed by atoms with Crippen molar-refractivity contribution < 1.29 is 9.47 Å². The van der Waals surface area contributed by atoms with Crippen LogP contribution < -0.4 is 14.8 Å². The van der Waals surface area contributed by atoms with Gasteiger partial charge in [-0.2, -0.15) is 0 Å². The monoisotopic (exact) mass is 433 g/mol. The van der Waals surface area contributed by atoms with Crippen LogP contribution in [0.15, 0.2) is 31.8 Å². The van der Waals surface area contributed by atoms with Gasteiger partial charge in [-0.1, -0.05) is 22.9 Å². The molecule has 0 bridgehead atoms. The summed E-state index contributed by atoms with van der Waals surface area (Å²) >= 11 is 8.85. The van der Waals surface area contributed by atoms with E-state index in [4.69, 9.17) is 9.47 Å². The minimum Gasteiger partial charge on any atom is -0.493 e. The number of thiophene rings is 1. The molecule has 0 fully saturated rings. The Morgan fingerprint density at radius 2 is 1.81 bits per heavy atom. The van der Waals surface area contributed by atoms with E-state index in [0.29, 0.717) is 0 Å². The topological polar surface area (TPSA) is 30.5 Å². The van der Waals surface area contributed by atoms with Crippen molar-refractivity contribution in [2.45, 2.75) is 13.0 Å². The molecule has 114 valence electrons. The zero-order valence-electron chi connectivity index (χ0n) is 12.1. The molecule has 3 nitrogen and oxygen atoms in total. The molecule has 0 saturated carbocycles. The van der Waals surface area contributed by atoms with Gasteiger partial charge < -0.3 is 14.8 Å². The molecule has 1 N–H and O–H groups in total. The van der Waals surface area contributed by atoms with Crippen LogP contribution in [0.25, 0.3) is 0 Å². The summed E-state index contributed by atoms with van der Waals surface area (Å²) in [6.07, 6.45) is 0. The number of hydrogen-bond donors (Lipinski definition) is 1. The van der Waals surface area contributed by atoms with Crippen LogP contribution in [-0.4, -0.2) is 20.8 Å². The molecule has 1 aromatic carbocycles. The van der Waals surface area contributed by atoms with E-state index in [1.54, 1.807) is 25.6 Å². The third-order valence-corrected chi connectivity index (χ3v) is 5.35. The molecule has 1 unspecified atom stereocenters. The third kappa shape index (κ3) is 3.80. The molecule has 1 aromatic heterocycles. The Morgan fingerprint density at radius 3 is 2.33 bits per heavy atom. The van der Waals surface area contributed by atoms with Crippen LogP contribution in [0.5, 0.6) is 11.5 Å². The lowest BCUT2D eigenvalue weighted by molar-refractivity contribution is 0.354. The number of halogens is 2. The highest BCUT2D eigenvalue weighted by Crippen LogP contribution is 2.39. The summed E-state index contributed by atoms with van der Waals surface area (Å²) in [5.74, 6) is 1.45. The van der Waals surface area contributed by atoms with E-state index >= 15 is 0 Å². The standard InChI is InChI=1S/C15H17Br2NO2S/c1-4-18-15(9-5-14(17)21-8-9)10-6-12(19-2)13(20-3)7-11(10)16/h5-8,15,18H,4H2,1-3H3. The minimum atomic E-state index is 0.103. The van der Waals surface area contributed by atoms with E-state index < -0.39 is 0 Å². The Bertz CT molecular complexity index is 616. The highest BCUT2D eigenvalue weighted by atomic mass is 79.9. The van der Waals surface area contributed by atoms with Crippen LogP contribution in [0.3, 0.4) is 0 Å². The first-order valence-electron chi connectivity index (χ1n) is 6.49. The molecule has 0 aliphatic carbocycles. The molecule has 0 spiro atoms. The summed E-state index contributed by atoms with van der Waals surface area (Å²) in [6.45, 7) is 2.97. The third-order valence-electron chi connectivity index (χ3n) is 3.14. The maximum absolute atomic E-state index is 5.42. The van der Waals surface area contributed by atoms with Crippen molar-refractivity contribution in [3.63, 3.8) is 0 Å². The van der Waals surface area contributed by atoms with Crippen molar-refractivity contribution in [1.82, 2.24) is 5.32 Å². The quantitative estimate of drug-likeness (QED) is 0.694. The second kappa shape index (κ2) is 7.63. The van der Waals surface area contributed by atoms with E-state index in [1.807, 2.05) is 12.1 Å². The summed E-state index contributed by atoms with van der Waals surface area (Å²) in [4.78, 5) is 0. The van der Waals surface area contributed by atoms with Gasteiger partial charge >= 0.3 is 0 Å². The van der Waals surface area contributed by atoms with Gasteiger partial charge in [0.05, 0.1) is 24.0 Å². The molecule has 2 aromatic rings. The Labute approximate surface area is 145 Å². The van der Waals surface area contributed by atoms with Gasteiger partial charge in [0, 0.05) is 4.47 Å². The lowest BCUT2D eigenvalue weighted by Gasteiger charge is -2.21. The maximum Gasteiger partial charge on any atom is 0.161 e. The van der Waals surface area contributed by atoms with E-state index in [-0.39, 0.29) is 6.04 Å². The first-order valence-corrected chi connectivity index (χ1v) is 8.96. The van der Waals surface area contributed by atoms with Crippen LogP contribution in [0.1, 0.15) is 24.1 Å². The molecule has 0 saturated heterocycles. The molecule has 0 aliphatic heterocycles. The van der Waals surface area contributed by atoms with Crippen LogP contribution in [0.2, 0.25) is 0 Å². The number of methoxy groups -OCH3 is 2. The summed E-state index contributed by atoms with van der Waals surface area (Å²) in [5, 5.41) is 5.67. The molecular formula is C15H17Br2NO2S. The SMILES string of the molecule is CCNC(c1csc(Br)c1)c1cc(OC)c(OC)cc1Br. The Morgan fingerprint density at radius 1 is 1.14 bits per heavy atom. The molecule has 1 atom stereocenters. The van der Waals surface area contributed by atoms with Gasteiger partial charge in [0.25, 0.3) is 0 Å². The van der Waals surface area contributed by atoms with Gasteiger partial charge in [-0.25, -0.2) is 0 Å². The number of benzene rings is 1. The van der Waals surface area contributed by atoms with E-state index in [1.165, 1.54) is 5.56 Å². The predicted octanol–water partition coefficient (Wildman–Crippen LogP) is 4.99. The first kappa shape index (κ1) is 16.8. The summed E-state index contributed by atoms with van der Waals surface area (Å²) in [5.41, 5.74) is 2.35. The Hall–Kier alpha value is -0.560. The van der Waals surface area contributed by atoms with Crippen LogP contribution >= 0.6 is 43.2 Å². The van der Waals surface area contributed by atoms with Crippen molar-refractivity contribution in [1.29, 1.82) is 0 Å². The largest absolute Gasteiger partial charge is 0.493 e. The van der Waals surface area contributed by atoms with Gasteiger partial charge in [-0.3, -0.25) is 0 Å². The molecule has 2 rings (SSSR count). The normalized spacial score (nSPS) is 12.2. The summed E-state index contributed by atoms with van der Waals surface area (Å²) in [6, 6.07) is 6.20. The van der Waals surface area contributed by atoms with Crippen molar-refractivity contribution in [2.24, 2.45) is 0 Å². The average molecular weight is 435 g/mol. The van der Waals surface area contributed by atoms with Crippen LogP contribution in [0, 0.1) is 0 Å². The lowest BCUT2D eigenvalue weighted by Crippen LogP contribution is -2.22. The highest BCUT2D eigenvalue weighted by Gasteiger charge is 2.20. The zero-order valence-corrected chi connectivity index (χ0v) is 16.1. The van der Waals surface area contributed by atoms with Crippen molar-refractivity contribution >= 4 is 43.2 Å². The number of ether oxygens (including phenoxy) is 2. The number of rotatable bonds is 6. The first-order chi connectivity index (χ1) is 10.1. The van der Waals surface area contributed by atoms with Crippen molar-refractivity contribution in [3.05, 3.63) is 43.0 Å². The van der Waals surface area contributed by atoms with E-state index in [2.05, 4.69) is 55.5 Å². The molecule has 0 amide bonds. The average Bonchev–Trinajstić information content (AvgIpc) is 2.91. The van der Waals surface area contributed by atoms with E-state index in [0.717, 1.165) is 31.9 Å². The number of hydrogen-bond acceptors (Lipinski definition) is 4. The maximum atomic E-state index is 5.42. The molecular weight excluding hydrogens is 418 g/mol. The van der Waals surface area contributed by atoms with Gasteiger partial charge in [0.2, 0.25) is 0 Å². The van der Waals surface area contributed by atoms with Gasteiger partial charge in [-0.15, -0.1) is 11.3 Å². The second-order valence-corrected chi connectivity index (χ2v) is 7.55. The summed E-state index contributed by atoms with van der Waals surface area (Å²) < 4.78 is 12.9. The summed E-state index contributed by atoms with van der Waals surface area (Å²) in [7, 11) is 3.29. The van der Waals surface area contributed by atoms with Gasteiger partial charge in [-0.05, 0) is 57.2 Å². The number of nitrogens with one attached hydrogen (secondary N) is 1. The molecule has 0 radical (unpaired) electrons. The Balaban J connectivity index is 2.49. The molecule has 21 heavy (non-hydrogen) atoms. The zero-order chi connectivity index (χ0) is 15.4. The minimum absolute atomic E-state index is 0.103. The fraction of sp³-hybridized carbons (Fsp3) is 0.333. The second-order valence-electron chi connectivity index (χ2n) is 4.40. The Kier molecular flexibility index (Phi) is 6.10. The molecule has 6 heteroatoms. The fourth-order valence-electron chi connectivity index (χ4n) is 2.18. The van der Waals surface area contributed by atoms with Gasteiger partial charge in [0.15, 0.2) is 11.5 Å². The van der Waals surface area contributed by atoms with Crippen LogP contribution in [-0.2, 0) is 0 Å². The molecule has 0 aliphatic rings. The lowest BCUT2D eigenvalue weighted by atomic mass is 10.0. The van der Waals surface area contributed by atoms with Crippen molar-refractivity contribution in [2.75, 3.05) is 20.8 Å².